The molecule has 0 atom stereocenters. The van der Waals surface area contributed by atoms with Crippen LogP contribution in [0.25, 0.3) is 0 Å². The van der Waals surface area contributed by atoms with Crippen molar-refractivity contribution in [1.29, 1.82) is 0 Å². The third-order valence-corrected chi connectivity index (χ3v) is 16.2. The summed E-state index contributed by atoms with van der Waals surface area (Å²) in [6.45, 7) is 9.90. The molecular formula is C18H40O9P2Si. The number of aliphatic carboxylic acids is 1. The molecule has 12 heteroatoms. The number of rotatable bonds is 15. The molecule has 180 valence electrons. The Hall–Kier alpha value is -0.0531. The van der Waals surface area contributed by atoms with E-state index in [2.05, 4.69) is 0 Å². The summed E-state index contributed by atoms with van der Waals surface area (Å²) >= 11 is 0. The van der Waals surface area contributed by atoms with E-state index in [0.29, 0.717) is 25.7 Å². The van der Waals surface area contributed by atoms with Crippen LogP contribution in [-0.4, -0.2) is 52.9 Å². The van der Waals surface area contributed by atoms with E-state index in [9.17, 15) is 13.9 Å². The first-order valence-corrected chi connectivity index (χ1v) is 16.0. The second-order valence-electron chi connectivity index (χ2n) is 8.64. The molecule has 0 unspecified atom stereocenters. The molecule has 30 heavy (non-hydrogen) atoms. The van der Waals surface area contributed by atoms with Crippen LogP contribution in [0.3, 0.4) is 0 Å². The number of carboxylic acid groups (broad SMARTS) is 1. The van der Waals surface area contributed by atoms with Crippen molar-refractivity contribution in [2.75, 3.05) is 28.4 Å². The van der Waals surface area contributed by atoms with Crippen LogP contribution in [0.15, 0.2) is 0 Å². The van der Waals surface area contributed by atoms with Gasteiger partial charge in [-0.25, -0.2) is 0 Å². The smallest absolute Gasteiger partial charge is 0.373 e. The molecule has 0 aromatic rings. The highest BCUT2D eigenvalue weighted by Gasteiger charge is 2.67. The zero-order valence-corrected chi connectivity index (χ0v) is 22.6. The van der Waals surface area contributed by atoms with E-state index < -0.39 is 34.6 Å². The molecule has 0 aliphatic carbocycles. The number of hydrogen-bond donors (Lipinski definition) is 1. The second kappa shape index (κ2) is 11.7. The molecule has 0 amide bonds. The van der Waals surface area contributed by atoms with E-state index in [0.717, 1.165) is 0 Å². The lowest BCUT2D eigenvalue weighted by molar-refractivity contribution is -0.137. The number of carboxylic acids is 1. The van der Waals surface area contributed by atoms with Gasteiger partial charge in [0.15, 0.2) is 8.32 Å². The molecule has 0 aromatic carbocycles. The van der Waals surface area contributed by atoms with Crippen molar-refractivity contribution in [2.24, 2.45) is 0 Å². The number of carbonyl (C=O) groups is 1. The Morgan fingerprint density at radius 3 is 1.57 bits per heavy atom. The summed E-state index contributed by atoms with van der Waals surface area (Å²) in [6.07, 6.45) is 2.36. The predicted molar refractivity (Wildman–Crippen MR) is 120 cm³/mol. The van der Waals surface area contributed by atoms with Gasteiger partial charge in [0.05, 0.1) is 0 Å². The fourth-order valence-corrected chi connectivity index (χ4v) is 10.8. The van der Waals surface area contributed by atoms with E-state index in [1.807, 2.05) is 33.9 Å². The average molecular weight is 491 g/mol. The molecule has 0 heterocycles. The van der Waals surface area contributed by atoms with Gasteiger partial charge in [-0.2, -0.15) is 0 Å². The van der Waals surface area contributed by atoms with Gasteiger partial charge in [0.1, 0.15) is 0 Å². The molecule has 0 rings (SSSR count). The monoisotopic (exact) mass is 490 g/mol. The van der Waals surface area contributed by atoms with Crippen LogP contribution in [0, 0.1) is 0 Å². The largest absolute Gasteiger partial charge is 0.481 e. The van der Waals surface area contributed by atoms with Crippen molar-refractivity contribution >= 4 is 29.5 Å². The summed E-state index contributed by atoms with van der Waals surface area (Å²) < 4.78 is 55.3. The van der Waals surface area contributed by atoms with E-state index in [1.165, 1.54) is 28.4 Å². The number of unbranched alkanes of at least 4 members (excludes halogenated alkanes) is 3. The minimum atomic E-state index is -4.11. The van der Waals surface area contributed by atoms with Crippen LogP contribution >= 0.6 is 15.2 Å². The SMILES string of the molecule is COP(=O)(OC)C(CCCCCCC(=O)O)(O[Si](C)(C)C(C)(C)C)P(=O)(OC)OC. The summed E-state index contributed by atoms with van der Waals surface area (Å²) in [5, 5.41) is 6.55. The van der Waals surface area contributed by atoms with Crippen molar-refractivity contribution in [3.8, 4) is 0 Å². The first-order chi connectivity index (χ1) is 13.6. The zero-order chi connectivity index (χ0) is 23.9. The highest BCUT2D eigenvalue weighted by atomic mass is 31.2. The van der Waals surface area contributed by atoms with Crippen LogP contribution < -0.4 is 0 Å². The quantitative estimate of drug-likeness (QED) is 0.166. The lowest BCUT2D eigenvalue weighted by Gasteiger charge is -2.48. The highest BCUT2D eigenvalue weighted by Crippen LogP contribution is 2.79. The Bertz CT molecular complexity index is 604. The Kier molecular flexibility index (Phi) is 11.7. The van der Waals surface area contributed by atoms with E-state index in [4.69, 9.17) is 27.6 Å². The molecule has 9 nitrogen and oxygen atoms in total. The van der Waals surface area contributed by atoms with Crippen LogP contribution in [0.5, 0.6) is 0 Å². The maximum absolute atomic E-state index is 13.8. The minimum Gasteiger partial charge on any atom is -0.481 e. The predicted octanol–water partition coefficient (Wildman–Crippen LogP) is 6.06. The summed E-state index contributed by atoms with van der Waals surface area (Å²) in [6, 6.07) is 0. The minimum absolute atomic E-state index is 0.0461. The lowest BCUT2D eigenvalue weighted by atomic mass is 10.1. The molecular weight excluding hydrogens is 450 g/mol. The fourth-order valence-electron chi connectivity index (χ4n) is 2.85. The Balaban J connectivity index is 6.25. The summed E-state index contributed by atoms with van der Waals surface area (Å²) in [5.41, 5.74) is 0. The Morgan fingerprint density at radius 1 is 0.833 bits per heavy atom. The second-order valence-corrected chi connectivity index (χ2v) is 18.6. The first kappa shape index (κ1) is 29.9. The standard InChI is InChI=1S/C18H40O9P2Si/c1-17(2,3)30(8,9)27-18(28(21,23-4)24-5,29(22,25-6)26-7)15-13-11-10-12-14-16(19)20/h10-15H2,1-9H3,(H,19,20). The van der Waals surface area contributed by atoms with Gasteiger partial charge in [0.25, 0.3) is 5.08 Å². The van der Waals surface area contributed by atoms with E-state index in [-0.39, 0.29) is 17.9 Å². The maximum atomic E-state index is 13.8. The Morgan fingerprint density at radius 2 is 1.23 bits per heavy atom. The molecule has 1 N–H and O–H groups in total. The van der Waals surface area contributed by atoms with Gasteiger partial charge in [0.2, 0.25) is 0 Å². The molecule has 0 bridgehead atoms. The average Bonchev–Trinajstić information content (AvgIpc) is 2.66. The Labute approximate surface area is 182 Å². The van der Waals surface area contributed by atoms with Gasteiger partial charge in [-0.05, 0) is 37.4 Å². The molecule has 0 aromatic heterocycles. The third kappa shape index (κ3) is 6.72. The van der Waals surface area contributed by atoms with E-state index in [1.54, 1.807) is 0 Å². The summed E-state index contributed by atoms with van der Waals surface area (Å²) in [5.74, 6) is -0.850. The van der Waals surface area contributed by atoms with Gasteiger partial charge < -0.3 is 27.6 Å². The normalized spacial score (nSPS) is 14.2. The molecule has 0 aliphatic heterocycles. The van der Waals surface area contributed by atoms with Gasteiger partial charge in [-0.15, -0.1) is 0 Å². The van der Waals surface area contributed by atoms with Gasteiger partial charge in [0, 0.05) is 34.9 Å². The molecule has 0 saturated heterocycles. The van der Waals surface area contributed by atoms with Gasteiger partial charge in [-0.1, -0.05) is 33.6 Å². The molecule has 0 saturated carbocycles. The zero-order valence-electron chi connectivity index (χ0n) is 19.9. The molecule has 0 radical (unpaired) electrons. The van der Waals surface area contributed by atoms with Crippen molar-refractivity contribution in [2.45, 2.75) is 82.5 Å². The van der Waals surface area contributed by atoms with Gasteiger partial charge in [-0.3, -0.25) is 13.9 Å². The van der Waals surface area contributed by atoms with Crippen molar-refractivity contribution in [3.63, 3.8) is 0 Å². The maximum Gasteiger partial charge on any atom is 0.373 e. The summed E-state index contributed by atoms with van der Waals surface area (Å²) in [4.78, 5) is 10.7. The van der Waals surface area contributed by atoms with Crippen LogP contribution in [0.4, 0.5) is 0 Å². The first-order valence-electron chi connectivity index (χ1n) is 9.97. The molecule has 0 spiro atoms. The van der Waals surface area contributed by atoms with Crippen LogP contribution in [0.1, 0.15) is 59.3 Å². The highest BCUT2D eigenvalue weighted by molar-refractivity contribution is 7.74. The number of hydrogen-bond acceptors (Lipinski definition) is 8. The third-order valence-electron chi connectivity index (χ3n) is 5.69. The molecule has 0 aliphatic rings. The van der Waals surface area contributed by atoms with Crippen LogP contribution in [-0.2, 0) is 36.4 Å². The molecule has 0 fully saturated rings. The van der Waals surface area contributed by atoms with Crippen LogP contribution in [0.2, 0.25) is 18.1 Å². The fraction of sp³-hybridized carbons (Fsp3) is 0.944. The topological polar surface area (TPSA) is 118 Å². The summed E-state index contributed by atoms with van der Waals surface area (Å²) in [7, 11) is -6.00. The van der Waals surface area contributed by atoms with Crippen molar-refractivity contribution in [1.82, 2.24) is 0 Å². The van der Waals surface area contributed by atoms with Gasteiger partial charge >= 0.3 is 21.2 Å². The van der Waals surface area contributed by atoms with Crippen molar-refractivity contribution < 1.29 is 41.6 Å². The van der Waals surface area contributed by atoms with E-state index >= 15 is 0 Å². The lowest BCUT2D eigenvalue weighted by Crippen LogP contribution is -2.50. The van der Waals surface area contributed by atoms with Crippen molar-refractivity contribution in [3.05, 3.63) is 0 Å².